The molecule has 0 spiro atoms. The van der Waals surface area contributed by atoms with Gasteiger partial charge in [0.25, 0.3) is 0 Å². The van der Waals surface area contributed by atoms with Gasteiger partial charge in [0.15, 0.2) is 23.6 Å². The second-order valence-corrected chi connectivity index (χ2v) is 4.56. The number of hydrogen-bond donors (Lipinski definition) is 1. The van der Waals surface area contributed by atoms with Gasteiger partial charge in [-0.1, -0.05) is 30.3 Å². The molecule has 0 bridgehead atoms. The molecule has 2 aromatic rings. The van der Waals surface area contributed by atoms with E-state index in [1.165, 1.54) is 26.4 Å². The second kappa shape index (κ2) is 6.87. The third-order valence-corrected chi connectivity index (χ3v) is 3.33. The largest absolute Gasteiger partial charge is 0.493 e. The number of carbonyl (C=O) groups is 2. The van der Waals surface area contributed by atoms with Crippen molar-refractivity contribution in [3.8, 4) is 11.5 Å². The Kier molecular flexibility index (Phi) is 4.91. The summed E-state index contributed by atoms with van der Waals surface area (Å²) in [5.41, 5.74) is 0.602. The van der Waals surface area contributed by atoms with E-state index in [0.29, 0.717) is 17.6 Å². The van der Waals surface area contributed by atoms with Crippen molar-refractivity contribution >= 4 is 12.1 Å². The van der Waals surface area contributed by atoms with Crippen LogP contribution in [0.2, 0.25) is 0 Å². The molecule has 0 radical (unpaired) electrons. The van der Waals surface area contributed by atoms with Gasteiger partial charge in [-0.2, -0.15) is 0 Å². The number of carbonyl (C=O) groups excluding carboxylic acids is 2. The fourth-order valence-corrected chi connectivity index (χ4v) is 2.22. The molecule has 0 aromatic heterocycles. The predicted molar refractivity (Wildman–Crippen MR) is 80.7 cm³/mol. The summed E-state index contributed by atoms with van der Waals surface area (Å²) in [6, 6.07) is 11.5. The van der Waals surface area contributed by atoms with Crippen LogP contribution in [0.5, 0.6) is 11.5 Å². The Balaban J connectivity index is 2.48. The molecule has 5 heteroatoms. The van der Waals surface area contributed by atoms with E-state index in [0.717, 1.165) is 0 Å². The minimum absolute atomic E-state index is 0.0573. The summed E-state index contributed by atoms with van der Waals surface area (Å²) in [5, 5.41) is 10.2. The molecular formula is C17H16O5. The van der Waals surface area contributed by atoms with Crippen LogP contribution >= 0.6 is 0 Å². The molecule has 0 fully saturated rings. The lowest BCUT2D eigenvalue weighted by molar-refractivity contribution is 0.0744. The molecule has 0 saturated heterocycles. The van der Waals surface area contributed by atoms with Crippen molar-refractivity contribution < 1.29 is 24.2 Å². The van der Waals surface area contributed by atoms with Gasteiger partial charge in [-0.25, -0.2) is 0 Å². The monoisotopic (exact) mass is 300 g/mol. The number of ketones is 1. The molecule has 0 heterocycles. The summed E-state index contributed by atoms with van der Waals surface area (Å²) in [5.74, 6) is -0.0618. The van der Waals surface area contributed by atoms with Crippen molar-refractivity contribution in [3.05, 3.63) is 59.2 Å². The summed E-state index contributed by atoms with van der Waals surface area (Å²) in [6.45, 7) is 0. The number of Topliss-reactive ketones (excluding diaryl/α,β-unsaturated/α-hetero) is 1. The van der Waals surface area contributed by atoms with Gasteiger partial charge < -0.3 is 14.6 Å². The topological polar surface area (TPSA) is 72.8 Å². The maximum atomic E-state index is 12.5. The van der Waals surface area contributed by atoms with Crippen molar-refractivity contribution in [1.82, 2.24) is 0 Å². The van der Waals surface area contributed by atoms with Crippen LogP contribution in [0.1, 0.15) is 32.4 Å². The van der Waals surface area contributed by atoms with Crippen molar-refractivity contribution in [2.75, 3.05) is 14.2 Å². The Bertz CT molecular complexity index is 679. The van der Waals surface area contributed by atoms with E-state index in [9.17, 15) is 14.7 Å². The Hall–Kier alpha value is -2.66. The molecule has 1 unspecified atom stereocenters. The maximum Gasteiger partial charge on any atom is 0.196 e. The first kappa shape index (κ1) is 15.7. The van der Waals surface area contributed by atoms with Crippen LogP contribution in [-0.4, -0.2) is 31.4 Å². The van der Waals surface area contributed by atoms with E-state index in [2.05, 4.69) is 0 Å². The highest BCUT2D eigenvalue weighted by atomic mass is 16.5. The third-order valence-electron chi connectivity index (χ3n) is 3.33. The van der Waals surface area contributed by atoms with Gasteiger partial charge in [0.2, 0.25) is 0 Å². The molecule has 1 atom stereocenters. The second-order valence-electron chi connectivity index (χ2n) is 4.56. The summed E-state index contributed by atoms with van der Waals surface area (Å²) in [6.07, 6.45) is -0.829. The zero-order chi connectivity index (χ0) is 16.1. The number of benzene rings is 2. The molecular weight excluding hydrogens is 284 g/mol. The van der Waals surface area contributed by atoms with Crippen molar-refractivity contribution in [2.24, 2.45) is 0 Å². The number of methoxy groups -OCH3 is 2. The van der Waals surface area contributed by atoms with Gasteiger partial charge in [0.1, 0.15) is 6.10 Å². The SMILES string of the molecule is COc1ccc(C(=O)C(O)c2ccccc2)c(C=O)c1OC. The van der Waals surface area contributed by atoms with Gasteiger partial charge in [0, 0.05) is 5.56 Å². The zero-order valence-electron chi connectivity index (χ0n) is 12.3. The number of aliphatic hydroxyl groups is 1. The van der Waals surface area contributed by atoms with Crippen LogP contribution in [0, 0.1) is 0 Å². The molecule has 0 amide bonds. The Labute approximate surface area is 128 Å². The molecule has 114 valence electrons. The summed E-state index contributed by atoms with van der Waals surface area (Å²) >= 11 is 0. The van der Waals surface area contributed by atoms with Gasteiger partial charge in [-0.15, -0.1) is 0 Å². The minimum atomic E-state index is -1.35. The first-order valence-electron chi connectivity index (χ1n) is 6.61. The fourth-order valence-electron chi connectivity index (χ4n) is 2.22. The van der Waals surface area contributed by atoms with Crippen molar-refractivity contribution in [3.63, 3.8) is 0 Å². The molecule has 1 N–H and O–H groups in total. The highest BCUT2D eigenvalue weighted by Gasteiger charge is 2.25. The molecule has 0 aliphatic rings. The van der Waals surface area contributed by atoms with E-state index in [1.54, 1.807) is 30.3 Å². The standard InChI is InChI=1S/C17H16O5/c1-21-14-9-8-12(13(10-18)17(14)22-2)16(20)15(19)11-6-4-3-5-7-11/h3-10,15,19H,1-2H3. The number of aldehydes is 1. The van der Waals surface area contributed by atoms with E-state index < -0.39 is 11.9 Å². The van der Waals surface area contributed by atoms with Crippen LogP contribution in [0.25, 0.3) is 0 Å². The average Bonchev–Trinajstić information content (AvgIpc) is 2.59. The van der Waals surface area contributed by atoms with Crippen LogP contribution in [-0.2, 0) is 0 Å². The van der Waals surface area contributed by atoms with E-state index in [-0.39, 0.29) is 16.9 Å². The third kappa shape index (κ3) is 2.84. The first-order chi connectivity index (χ1) is 10.6. The van der Waals surface area contributed by atoms with E-state index >= 15 is 0 Å². The molecule has 5 nitrogen and oxygen atoms in total. The quantitative estimate of drug-likeness (QED) is 0.655. The van der Waals surface area contributed by atoms with E-state index in [4.69, 9.17) is 9.47 Å². The van der Waals surface area contributed by atoms with Crippen LogP contribution in [0.4, 0.5) is 0 Å². The maximum absolute atomic E-state index is 12.5. The molecule has 0 aliphatic carbocycles. The highest BCUT2D eigenvalue weighted by molar-refractivity contribution is 6.07. The first-order valence-corrected chi connectivity index (χ1v) is 6.61. The smallest absolute Gasteiger partial charge is 0.196 e. The van der Waals surface area contributed by atoms with Crippen LogP contribution in [0.3, 0.4) is 0 Å². The molecule has 0 aliphatic heterocycles. The van der Waals surface area contributed by atoms with Gasteiger partial charge >= 0.3 is 0 Å². The average molecular weight is 300 g/mol. The number of aliphatic hydroxyl groups excluding tert-OH is 1. The lowest BCUT2D eigenvalue weighted by Crippen LogP contribution is -2.15. The van der Waals surface area contributed by atoms with Gasteiger partial charge in [0.05, 0.1) is 19.8 Å². The Morgan fingerprint density at radius 3 is 2.32 bits per heavy atom. The zero-order valence-corrected chi connectivity index (χ0v) is 12.3. The van der Waals surface area contributed by atoms with Crippen molar-refractivity contribution in [2.45, 2.75) is 6.10 Å². The summed E-state index contributed by atoms with van der Waals surface area (Å²) in [4.78, 5) is 23.9. The van der Waals surface area contributed by atoms with E-state index in [1.807, 2.05) is 0 Å². The van der Waals surface area contributed by atoms with Crippen LogP contribution in [0.15, 0.2) is 42.5 Å². The van der Waals surface area contributed by atoms with Gasteiger partial charge in [-0.3, -0.25) is 9.59 Å². The molecule has 0 saturated carbocycles. The molecule has 2 aromatic carbocycles. The summed E-state index contributed by atoms with van der Waals surface area (Å²) in [7, 11) is 2.82. The lowest BCUT2D eigenvalue weighted by Gasteiger charge is -2.15. The van der Waals surface area contributed by atoms with Gasteiger partial charge in [-0.05, 0) is 17.7 Å². The summed E-state index contributed by atoms with van der Waals surface area (Å²) < 4.78 is 10.2. The number of hydrogen-bond acceptors (Lipinski definition) is 5. The Morgan fingerprint density at radius 2 is 1.77 bits per heavy atom. The van der Waals surface area contributed by atoms with Crippen LogP contribution < -0.4 is 9.47 Å². The molecule has 22 heavy (non-hydrogen) atoms. The fraction of sp³-hybridized carbons (Fsp3) is 0.176. The highest BCUT2D eigenvalue weighted by Crippen LogP contribution is 2.34. The molecule has 2 rings (SSSR count). The van der Waals surface area contributed by atoms with Crippen molar-refractivity contribution in [1.29, 1.82) is 0 Å². The lowest BCUT2D eigenvalue weighted by atomic mass is 9.96. The Morgan fingerprint density at radius 1 is 1.09 bits per heavy atom. The predicted octanol–water partition coefficient (Wildman–Crippen LogP) is 2.43. The minimum Gasteiger partial charge on any atom is -0.493 e. The number of ether oxygens (including phenoxy) is 2. The number of rotatable bonds is 6. The normalized spacial score (nSPS) is 11.6.